The zero-order valence-corrected chi connectivity index (χ0v) is 16.9. The molecule has 1 heterocycles. The molecule has 0 spiro atoms. The minimum Gasteiger partial charge on any atom is -0.341 e. The molecule has 5 nitrogen and oxygen atoms in total. The maximum absolute atomic E-state index is 13.2. The molecule has 3 N–H and O–H groups in total. The summed E-state index contributed by atoms with van der Waals surface area (Å²) < 4.78 is 13.2. The van der Waals surface area contributed by atoms with Crippen LogP contribution in [0.3, 0.4) is 0 Å². The fourth-order valence-corrected chi connectivity index (χ4v) is 3.45. The van der Waals surface area contributed by atoms with E-state index in [1.54, 1.807) is 16.7 Å². The van der Waals surface area contributed by atoms with Crippen molar-refractivity contribution in [2.24, 2.45) is 11.7 Å². The maximum Gasteiger partial charge on any atom is 0.239 e. The monoisotopic (exact) mass is 423 g/mol. The van der Waals surface area contributed by atoms with Crippen LogP contribution in [-0.4, -0.2) is 47.9 Å². The molecular weight excluding hydrogens is 400 g/mol. The third-order valence-corrected chi connectivity index (χ3v) is 5.25. The zero-order valence-electron chi connectivity index (χ0n) is 14.5. The number of amides is 2. The fourth-order valence-electron chi connectivity index (χ4n) is 2.78. The van der Waals surface area contributed by atoms with Crippen molar-refractivity contribution in [3.05, 3.63) is 29.0 Å². The smallest absolute Gasteiger partial charge is 0.239 e. The van der Waals surface area contributed by atoms with E-state index in [1.807, 2.05) is 6.26 Å². The molecule has 1 fully saturated rings. The summed E-state index contributed by atoms with van der Waals surface area (Å²) in [5.74, 6) is -0.0364. The van der Waals surface area contributed by atoms with Crippen molar-refractivity contribution in [2.75, 3.05) is 30.4 Å². The number of hydrogen-bond acceptors (Lipinski definition) is 4. The molecule has 0 bridgehead atoms. The van der Waals surface area contributed by atoms with E-state index in [9.17, 15) is 14.0 Å². The molecule has 146 valence electrons. The van der Waals surface area contributed by atoms with Gasteiger partial charge >= 0.3 is 0 Å². The van der Waals surface area contributed by atoms with Gasteiger partial charge in [-0.25, -0.2) is 4.39 Å². The number of benzene rings is 1. The van der Waals surface area contributed by atoms with E-state index >= 15 is 0 Å². The Labute approximate surface area is 168 Å². The predicted molar refractivity (Wildman–Crippen MR) is 108 cm³/mol. The summed E-state index contributed by atoms with van der Waals surface area (Å²) in [6, 6.07) is 3.61. The van der Waals surface area contributed by atoms with E-state index in [1.165, 1.54) is 18.2 Å². The summed E-state index contributed by atoms with van der Waals surface area (Å²) in [5, 5.41) is 2.72. The molecule has 1 aliphatic heterocycles. The second kappa shape index (κ2) is 11.0. The van der Waals surface area contributed by atoms with Crippen molar-refractivity contribution in [1.82, 2.24) is 4.90 Å². The van der Waals surface area contributed by atoms with Crippen LogP contribution in [0, 0.1) is 11.7 Å². The molecule has 2 rings (SSSR count). The molecule has 1 aliphatic rings. The van der Waals surface area contributed by atoms with Gasteiger partial charge in [0, 0.05) is 24.7 Å². The number of carbonyl (C=O) groups is 2. The Morgan fingerprint density at radius 1 is 1.42 bits per heavy atom. The lowest BCUT2D eigenvalue weighted by Crippen LogP contribution is -2.48. The van der Waals surface area contributed by atoms with Gasteiger partial charge in [0.15, 0.2) is 0 Å². The third kappa shape index (κ3) is 6.30. The Morgan fingerprint density at radius 3 is 2.65 bits per heavy atom. The van der Waals surface area contributed by atoms with E-state index < -0.39 is 11.9 Å². The van der Waals surface area contributed by atoms with Crippen LogP contribution in [0.2, 0.25) is 5.02 Å². The SMILES string of the molecule is CSCC[C@H](N)C(=O)N1CCC(C(=O)Nc2ccc(F)c(Cl)c2)CC1.Cl. The number of anilines is 1. The standard InChI is InChI=1S/C17H23ClFN3O2S.ClH/c1-25-9-6-15(20)17(24)22-7-4-11(5-8-22)16(23)21-12-2-3-14(19)13(18)10-12;/h2-3,10-11,15H,4-9,20H2,1H3,(H,21,23);1H/t15-;/m0./s1. The summed E-state index contributed by atoms with van der Waals surface area (Å²) in [4.78, 5) is 26.4. The van der Waals surface area contributed by atoms with Gasteiger partial charge in [0.1, 0.15) is 5.82 Å². The third-order valence-electron chi connectivity index (χ3n) is 4.31. The molecule has 9 heteroatoms. The van der Waals surface area contributed by atoms with Gasteiger partial charge in [0.05, 0.1) is 11.1 Å². The normalized spacial score (nSPS) is 15.9. The molecule has 0 aliphatic carbocycles. The van der Waals surface area contributed by atoms with E-state index in [4.69, 9.17) is 17.3 Å². The topological polar surface area (TPSA) is 75.4 Å². The number of carbonyl (C=O) groups excluding carboxylic acids is 2. The van der Waals surface area contributed by atoms with Gasteiger partial charge in [-0.2, -0.15) is 11.8 Å². The molecule has 1 saturated heterocycles. The van der Waals surface area contributed by atoms with Crippen LogP contribution in [-0.2, 0) is 9.59 Å². The van der Waals surface area contributed by atoms with E-state index in [2.05, 4.69) is 5.32 Å². The quantitative estimate of drug-likeness (QED) is 0.736. The summed E-state index contributed by atoms with van der Waals surface area (Å²) >= 11 is 7.38. The van der Waals surface area contributed by atoms with Crippen molar-refractivity contribution >= 4 is 53.3 Å². The highest BCUT2D eigenvalue weighted by Crippen LogP contribution is 2.23. The Morgan fingerprint density at radius 2 is 2.08 bits per heavy atom. The second-order valence-corrected chi connectivity index (χ2v) is 7.50. The van der Waals surface area contributed by atoms with E-state index in [0.29, 0.717) is 38.0 Å². The van der Waals surface area contributed by atoms with Gasteiger partial charge < -0.3 is 16.0 Å². The van der Waals surface area contributed by atoms with Gasteiger partial charge in [-0.05, 0) is 49.5 Å². The van der Waals surface area contributed by atoms with Crippen LogP contribution in [0.1, 0.15) is 19.3 Å². The minimum atomic E-state index is -0.524. The highest BCUT2D eigenvalue weighted by molar-refractivity contribution is 7.98. The molecule has 1 aromatic carbocycles. The summed E-state index contributed by atoms with van der Waals surface area (Å²) in [7, 11) is 0. The van der Waals surface area contributed by atoms with Gasteiger partial charge in [-0.1, -0.05) is 11.6 Å². The van der Waals surface area contributed by atoms with Gasteiger partial charge in [0.25, 0.3) is 0 Å². The summed E-state index contributed by atoms with van der Waals surface area (Å²) in [6.07, 6.45) is 3.81. The average molecular weight is 424 g/mol. The first-order chi connectivity index (χ1) is 11.9. The maximum atomic E-state index is 13.2. The second-order valence-electron chi connectivity index (χ2n) is 6.11. The fraction of sp³-hybridized carbons (Fsp3) is 0.529. The highest BCUT2D eigenvalue weighted by Gasteiger charge is 2.29. The first kappa shape index (κ1) is 23.0. The van der Waals surface area contributed by atoms with Crippen LogP contribution >= 0.6 is 35.8 Å². The lowest BCUT2D eigenvalue weighted by molar-refractivity contribution is -0.135. The van der Waals surface area contributed by atoms with Crippen LogP contribution in [0.4, 0.5) is 10.1 Å². The van der Waals surface area contributed by atoms with Gasteiger partial charge in [0.2, 0.25) is 11.8 Å². The minimum absolute atomic E-state index is 0. The zero-order chi connectivity index (χ0) is 18.4. The summed E-state index contributed by atoms with van der Waals surface area (Å²) in [6.45, 7) is 1.04. The number of nitrogens with two attached hydrogens (primary N) is 1. The summed E-state index contributed by atoms with van der Waals surface area (Å²) in [5.41, 5.74) is 6.40. The number of piperidine rings is 1. The van der Waals surface area contributed by atoms with Crippen LogP contribution < -0.4 is 11.1 Å². The lowest BCUT2D eigenvalue weighted by Gasteiger charge is -2.33. The first-order valence-electron chi connectivity index (χ1n) is 8.21. The van der Waals surface area contributed by atoms with Crippen molar-refractivity contribution in [2.45, 2.75) is 25.3 Å². The predicted octanol–water partition coefficient (Wildman–Crippen LogP) is 3.16. The van der Waals surface area contributed by atoms with Crippen molar-refractivity contribution in [1.29, 1.82) is 0 Å². The molecule has 0 unspecified atom stereocenters. The Bertz CT molecular complexity index is 628. The number of nitrogens with one attached hydrogen (secondary N) is 1. The molecule has 0 radical (unpaired) electrons. The largest absolute Gasteiger partial charge is 0.341 e. The average Bonchev–Trinajstić information content (AvgIpc) is 2.62. The molecule has 26 heavy (non-hydrogen) atoms. The number of likely N-dealkylation sites (tertiary alicyclic amines) is 1. The molecular formula is C17H24Cl2FN3O2S. The molecule has 0 saturated carbocycles. The molecule has 1 aromatic rings. The van der Waals surface area contributed by atoms with Gasteiger partial charge in [-0.15, -0.1) is 12.4 Å². The highest BCUT2D eigenvalue weighted by atomic mass is 35.5. The Kier molecular flexibility index (Phi) is 9.71. The Hall–Kier alpha value is -1.02. The van der Waals surface area contributed by atoms with Crippen molar-refractivity contribution < 1.29 is 14.0 Å². The first-order valence-corrected chi connectivity index (χ1v) is 9.98. The van der Waals surface area contributed by atoms with E-state index in [0.717, 1.165) is 5.75 Å². The number of nitrogens with zero attached hydrogens (tertiary/aromatic N) is 1. The number of thioether (sulfide) groups is 1. The number of halogens is 3. The van der Waals surface area contributed by atoms with Crippen LogP contribution in [0.25, 0.3) is 0 Å². The van der Waals surface area contributed by atoms with Crippen LogP contribution in [0.5, 0.6) is 0 Å². The molecule has 2 amide bonds. The van der Waals surface area contributed by atoms with Crippen molar-refractivity contribution in [3.8, 4) is 0 Å². The van der Waals surface area contributed by atoms with Gasteiger partial charge in [-0.3, -0.25) is 9.59 Å². The molecule has 1 atom stereocenters. The van der Waals surface area contributed by atoms with Crippen molar-refractivity contribution in [3.63, 3.8) is 0 Å². The lowest BCUT2D eigenvalue weighted by atomic mass is 9.95. The number of rotatable bonds is 6. The van der Waals surface area contributed by atoms with Crippen LogP contribution in [0.15, 0.2) is 18.2 Å². The molecule has 0 aromatic heterocycles. The number of hydrogen-bond donors (Lipinski definition) is 2. The van der Waals surface area contributed by atoms with E-state index in [-0.39, 0.29) is 35.2 Å². The Balaban J connectivity index is 0.00000338.